The number of nitrogens with zero attached hydrogens (tertiary/aromatic N) is 3. The van der Waals surface area contributed by atoms with E-state index in [9.17, 15) is 4.79 Å². The summed E-state index contributed by atoms with van der Waals surface area (Å²) in [5.41, 5.74) is 1.12. The molecule has 1 aromatic carbocycles. The molecule has 1 saturated heterocycles. The lowest BCUT2D eigenvalue weighted by atomic mass is 10.2. The Labute approximate surface area is 150 Å². The number of anilines is 1. The van der Waals surface area contributed by atoms with Crippen molar-refractivity contribution >= 4 is 17.6 Å². The van der Waals surface area contributed by atoms with E-state index in [1.165, 1.54) is 0 Å². The zero-order valence-electron chi connectivity index (χ0n) is 15.6. The first kappa shape index (κ1) is 18.9. The van der Waals surface area contributed by atoms with E-state index < -0.39 is 0 Å². The second-order valence-electron chi connectivity index (χ2n) is 6.28. The maximum atomic E-state index is 11.6. The number of para-hydroxylation sites is 2. The fraction of sp³-hybridized carbons (Fsp3) is 0.556. The van der Waals surface area contributed by atoms with Gasteiger partial charge in [-0.15, -0.1) is 0 Å². The van der Waals surface area contributed by atoms with Gasteiger partial charge in [0.05, 0.1) is 12.8 Å². The lowest BCUT2D eigenvalue weighted by molar-refractivity contribution is -0.128. The fourth-order valence-electron chi connectivity index (χ4n) is 2.89. The van der Waals surface area contributed by atoms with Gasteiger partial charge in [-0.05, 0) is 18.6 Å². The van der Waals surface area contributed by atoms with E-state index >= 15 is 0 Å². The smallest absolute Gasteiger partial charge is 0.223 e. The van der Waals surface area contributed by atoms with Gasteiger partial charge in [-0.3, -0.25) is 9.79 Å². The van der Waals surface area contributed by atoms with Crippen LogP contribution in [0.3, 0.4) is 0 Å². The predicted molar refractivity (Wildman–Crippen MR) is 101 cm³/mol. The van der Waals surface area contributed by atoms with Gasteiger partial charge in [0, 0.05) is 53.2 Å². The SMILES string of the molecule is CN=C(NCCC(=O)N(C)C)NC1CCN(c2ccccc2OC)C1. The number of amides is 1. The Morgan fingerprint density at radius 2 is 2.16 bits per heavy atom. The third-order valence-electron chi connectivity index (χ3n) is 4.31. The van der Waals surface area contributed by atoms with E-state index in [0.717, 1.165) is 36.9 Å². The number of hydrogen-bond donors (Lipinski definition) is 2. The summed E-state index contributed by atoms with van der Waals surface area (Å²) in [5, 5.41) is 6.64. The highest BCUT2D eigenvalue weighted by molar-refractivity contribution is 5.81. The number of guanidine groups is 1. The van der Waals surface area contributed by atoms with Crippen molar-refractivity contribution in [2.24, 2.45) is 4.99 Å². The standard InChI is InChI=1S/C18H29N5O2/c1-19-18(20-11-9-17(24)22(2)3)21-14-10-12-23(13-14)15-7-5-6-8-16(15)25-4/h5-8,14H,9-13H2,1-4H3,(H2,19,20,21). The van der Waals surface area contributed by atoms with Gasteiger partial charge in [-0.1, -0.05) is 12.1 Å². The van der Waals surface area contributed by atoms with Crippen LogP contribution >= 0.6 is 0 Å². The predicted octanol–water partition coefficient (Wildman–Crippen LogP) is 0.917. The quantitative estimate of drug-likeness (QED) is 0.592. The minimum absolute atomic E-state index is 0.103. The number of ether oxygens (including phenoxy) is 1. The summed E-state index contributed by atoms with van der Waals surface area (Å²) >= 11 is 0. The fourth-order valence-corrected chi connectivity index (χ4v) is 2.89. The average Bonchev–Trinajstić information content (AvgIpc) is 3.08. The van der Waals surface area contributed by atoms with Crippen LogP contribution in [-0.4, -0.2) is 70.7 Å². The third-order valence-corrected chi connectivity index (χ3v) is 4.31. The average molecular weight is 347 g/mol. The Morgan fingerprint density at radius 3 is 2.84 bits per heavy atom. The molecule has 1 atom stereocenters. The van der Waals surface area contributed by atoms with Crippen LogP contribution in [0.25, 0.3) is 0 Å². The summed E-state index contributed by atoms with van der Waals surface area (Å²) in [6.45, 7) is 2.42. The number of benzene rings is 1. The van der Waals surface area contributed by atoms with Crippen LogP contribution in [0.5, 0.6) is 5.75 Å². The highest BCUT2D eigenvalue weighted by Crippen LogP contribution is 2.30. The van der Waals surface area contributed by atoms with Gasteiger partial charge in [-0.2, -0.15) is 0 Å². The summed E-state index contributed by atoms with van der Waals surface area (Å²) in [5.74, 6) is 1.73. The van der Waals surface area contributed by atoms with Crippen LogP contribution in [0.1, 0.15) is 12.8 Å². The molecule has 0 bridgehead atoms. The second kappa shape index (κ2) is 9.15. The lowest BCUT2D eigenvalue weighted by Crippen LogP contribution is -2.45. The molecule has 0 spiro atoms. The molecule has 1 heterocycles. The molecule has 138 valence electrons. The van der Waals surface area contributed by atoms with Gasteiger partial charge in [-0.25, -0.2) is 0 Å². The molecule has 1 aliphatic heterocycles. The highest BCUT2D eigenvalue weighted by Gasteiger charge is 2.25. The summed E-state index contributed by atoms with van der Waals surface area (Å²) in [4.78, 5) is 19.8. The van der Waals surface area contributed by atoms with Crippen molar-refractivity contribution in [1.82, 2.24) is 15.5 Å². The van der Waals surface area contributed by atoms with E-state index in [2.05, 4.69) is 26.6 Å². The van der Waals surface area contributed by atoms with E-state index in [1.807, 2.05) is 18.2 Å². The Balaban J connectivity index is 1.84. The molecule has 0 saturated carbocycles. The van der Waals surface area contributed by atoms with Gasteiger partial charge in [0.15, 0.2) is 5.96 Å². The first-order valence-electron chi connectivity index (χ1n) is 8.60. The Morgan fingerprint density at radius 1 is 1.40 bits per heavy atom. The summed E-state index contributed by atoms with van der Waals surface area (Å²) in [6, 6.07) is 8.38. The van der Waals surface area contributed by atoms with Crippen molar-refractivity contribution in [2.45, 2.75) is 18.9 Å². The molecule has 1 amide bonds. The van der Waals surface area contributed by atoms with Crippen LogP contribution in [-0.2, 0) is 4.79 Å². The van der Waals surface area contributed by atoms with Crippen molar-refractivity contribution < 1.29 is 9.53 Å². The molecule has 25 heavy (non-hydrogen) atoms. The number of carbonyl (C=O) groups is 1. The lowest BCUT2D eigenvalue weighted by Gasteiger charge is -2.22. The molecule has 2 rings (SSSR count). The zero-order valence-corrected chi connectivity index (χ0v) is 15.6. The van der Waals surface area contributed by atoms with Crippen molar-refractivity contribution in [3.63, 3.8) is 0 Å². The van der Waals surface area contributed by atoms with Crippen molar-refractivity contribution in [3.8, 4) is 5.75 Å². The highest BCUT2D eigenvalue weighted by atomic mass is 16.5. The van der Waals surface area contributed by atoms with E-state index in [0.29, 0.717) is 19.0 Å². The third kappa shape index (κ3) is 5.27. The van der Waals surface area contributed by atoms with Crippen molar-refractivity contribution in [3.05, 3.63) is 24.3 Å². The number of hydrogen-bond acceptors (Lipinski definition) is 4. The molecule has 7 nitrogen and oxygen atoms in total. The molecule has 0 aliphatic carbocycles. The number of carbonyl (C=O) groups excluding carboxylic acids is 1. The van der Waals surface area contributed by atoms with Crippen LogP contribution in [0.2, 0.25) is 0 Å². The topological polar surface area (TPSA) is 69.2 Å². The summed E-state index contributed by atoms with van der Waals surface area (Å²) < 4.78 is 5.46. The zero-order chi connectivity index (χ0) is 18.2. The number of rotatable bonds is 6. The van der Waals surface area contributed by atoms with Crippen LogP contribution in [0, 0.1) is 0 Å². The largest absolute Gasteiger partial charge is 0.495 e. The second-order valence-corrected chi connectivity index (χ2v) is 6.28. The number of methoxy groups -OCH3 is 1. The summed E-state index contributed by atoms with van der Waals surface area (Å²) in [6.07, 6.45) is 1.47. The van der Waals surface area contributed by atoms with Gasteiger partial charge in [0.25, 0.3) is 0 Å². The van der Waals surface area contributed by atoms with E-state index in [1.54, 1.807) is 33.2 Å². The molecule has 1 aromatic rings. The minimum atomic E-state index is 0.103. The van der Waals surface area contributed by atoms with Gasteiger partial charge >= 0.3 is 0 Å². The van der Waals surface area contributed by atoms with E-state index in [4.69, 9.17) is 4.74 Å². The molecule has 2 N–H and O–H groups in total. The maximum Gasteiger partial charge on any atom is 0.223 e. The molecule has 0 aromatic heterocycles. The van der Waals surface area contributed by atoms with Gasteiger partial charge in [0.1, 0.15) is 5.75 Å². The summed E-state index contributed by atoms with van der Waals surface area (Å²) in [7, 11) is 6.97. The van der Waals surface area contributed by atoms with Crippen molar-refractivity contribution in [2.75, 3.05) is 52.8 Å². The monoisotopic (exact) mass is 347 g/mol. The van der Waals surface area contributed by atoms with Gasteiger partial charge in [0.2, 0.25) is 5.91 Å². The molecular formula is C18H29N5O2. The van der Waals surface area contributed by atoms with Crippen molar-refractivity contribution in [1.29, 1.82) is 0 Å². The molecule has 7 heteroatoms. The normalized spacial score (nSPS) is 17.4. The first-order valence-corrected chi connectivity index (χ1v) is 8.60. The maximum absolute atomic E-state index is 11.6. The molecule has 1 fully saturated rings. The molecule has 1 aliphatic rings. The van der Waals surface area contributed by atoms with Crippen LogP contribution < -0.4 is 20.3 Å². The van der Waals surface area contributed by atoms with Crippen LogP contribution in [0.15, 0.2) is 29.3 Å². The Kier molecular flexibility index (Phi) is 6.91. The molecule has 1 unspecified atom stereocenters. The number of aliphatic imine (C=N–C) groups is 1. The van der Waals surface area contributed by atoms with E-state index in [-0.39, 0.29) is 5.91 Å². The Hall–Kier alpha value is -2.44. The molecule has 0 radical (unpaired) electrons. The first-order chi connectivity index (χ1) is 12.0. The minimum Gasteiger partial charge on any atom is -0.495 e. The van der Waals surface area contributed by atoms with Crippen LogP contribution in [0.4, 0.5) is 5.69 Å². The van der Waals surface area contributed by atoms with Gasteiger partial charge < -0.3 is 25.2 Å². The molecular weight excluding hydrogens is 318 g/mol. The number of nitrogens with one attached hydrogen (secondary N) is 2. The Bertz CT molecular complexity index is 603.